The minimum Gasteiger partial charge on any atom is -0.497 e. The van der Waals surface area contributed by atoms with Gasteiger partial charge in [0.25, 0.3) is 11.1 Å². The molecule has 0 fully saturated rings. The van der Waals surface area contributed by atoms with Crippen molar-refractivity contribution in [2.45, 2.75) is 13.3 Å². The molecule has 0 unspecified atom stereocenters. The summed E-state index contributed by atoms with van der Waals surface area (Å²) in [7, 11) is 1.58. The van der Waals surface area contributed by atoms with E-state index >= 15 is 0 Å². The summed E-state index contributed by atoms with van der Waals surface area (Å²) in [6, 6.07) is 17.6. The number of aromatic nitrogens is 3. The van der Waals surface area contributed by atoms with E-state index in [9.17, 15) is 14.4 Å². The second kappa shape index (κ2) is 10.2. The number of rotatable bonds is 7. The van der Waals surface area contributed by atoms with Crippen molar-refractivity contribution in [2.24, 2.45) is 0 Å². The Bertz CT molecular complexity index is 1750. The molecular formula is C27H21N3O6S. The van der Waals surface area contributed by atoms with E-state index in [4.69, 9.17) is 13.9 Å². The average Bonchev–Trinajstić information content (AvgIpc) is 3.49. The predicted molar refractivity (Wildman–Crippen MR) is 138 cm³/mol. The number of thiazole rings is 1. The summed E-state index contributed by atoms with van der Waals surface area (Å²) in [5.74, 6) is 1.34. The SMILES string of the molecule is CCOC(=O)c1ccc(-c2ccc(C=c3sc4nc(=O)c(Cc5ccc(OC)cc5)nn4c3=O)o2)cc1. The van der Waals surface area contributed by atoms with Crippen LogP contribution in [-0.4, -0.2) is 34.3 Å². The van der Waals surface area contributed by atoms with Crippen LogP contribution in [0.25, 0.3) is 22.4 Å². The monoisotopic (exact) mass is 515 g/mol. The van der Waals surface area contributed by atoms with Gasteiger partial charge in [-0.15, -0.1) is 0 Å². The summed E-state index contributed by atoms with van der Waals surface area (Å²) >= 11 is 1.06. The number of ether oxygens (including phenoxy) is 2. The van der Waals surface area contributed by atoms with E-state index < -0.39 is 5.56 Å². The van der Waals surface area contributed by atoms with Crippen molar-refractivity contribution in [3.05, 3.63) is 108 Å². The van der Waals surface area contributed by atoms with Crippen LogP contribution in [0.5, 0.6) is 5.75 Å². The van der Waals surface area contributed by atoms with Crippen LogP contribution in [-0.2, 0) is 11.2 Å². The first-order chi connectivity index (χ1) is 17.9. The Kier molecular flexibility index (Phi) is 6.65. The maximum absolute atomic E-state index is 13.0. The minimum atomic E-state index is -0.477. The lowest BCUT2D eigenvalue weighted by atomic mass is 10.1. The van der Waals surface area contributed by atoms with Gasteiger partial charge < -0.3 is 13.9 Å². The Balaban J connectivity index is 1.42. The molecule has 0 spiro atoms. The van der Waals surface area contributed by atoms with Crippen molar-refractivity contribution in [3.63, 3.8) is 0 Å². The average molecular weight is 516 g/mol. The van der Waals surface area contributed by atoms with Gasteiger partial charge in [-0.3, -0.25) is 9.59 Å². The van der Waals surface area contributed by atoms with E-state index in [1.807, 2.05) is 12.1 Å². The quantitative estimate of drug-likeness (QED) is 0.304. The maximum Gasteiger partial charge on any atom is 0.338 e. The van der Waals surface area contributed by atoms with Crippen molar-refractivity contribution in [2.75, 3.05) is 13.7 Å². The van der Waals surface area contributed by atoms with Gasteiger partial charge in [0.1, 0.15) is 27.5 Å². The first-order valence-electron chi connectivity index (χ1n) is 11.4. The lowest BCUT2D eigenvalue weighted by Crippen LogP contribution is -2.28. The zero-order valence-corrected chi connectivity index (χ0v) is 20.8. The molecule has 0 radical (unpaired) electrons. The van der Waals surface area contributed by atoms with Crippen molar-refractivity contribution in [1.82, 2.24) is 14.6 Å². The Morgan fingerprint density at radius 1 is 1.05 bits per heavy atom. The highest BCUT2D eigenvalue weighted by atomic mass is 32.1. The van der Waals surface area contributed by atoms with Gasteiger partial charge in [-0.2, -0.15) is 14.6 Å². The first kappa shape index (κ1) is 24.1. The molecule has 186 valence electrons. The van der Waals surface area contributed by atoms with E-state index in [2.05, 4.69) is 10.1 Å². The fourth-order valence-corrected chi connectivity index (χ4v) is 4.57. The third-order valence-electron chi connectivity index (χ3n) is 5.56. The fourth-order valence-electron chi connectivity index (χ4n) is 3.69. The van der Waals surface area contributed by atoms with Gasteiger partial charge in [0, 0.05) is 18.1 Å². The summed E-state index contributed by atoms with van der Waals surface area (Å²) in [4.78, 5) is 41.7. The normalized spacial score (nSPS) is 11.7. The minimum absolute atomic E-state index is 0.177. The van der Waals surface area contributed by atoms with Crippen molar-refractivity contribution >= 4 is 28.3 Å². The van der Waals surface area contributed by atoms with Gasteiger partial charge in [-0.1, -0.05) is 35.6 Å². The second-order valence-electron chi connectivity index (χ2n) is 8.00. The molecule has 0 aliphatic heterocycles. The molecule has 0 aliphatic rings. The number of carbonyl (C=O) groups excluding carboxylic acids is 1. The molecule has 5 aromatic rings. The number of furan rings is 1. The summed E-state index contributed by atoms with van der Waals surface area (Å²) in [5.41, 5.74) is 1.38. The number of hydrogen-bond acceptors (Lipinski definition) is 9. The van der Waals surface area contributed by atoms with Crippen LogP contribution in [0.1, 0.15) is 34.3 Å². The smallest absolute Gasteiger partial charge is 0.338 e. The van der Waals surface area contributed by atoms with Crippen LogP contribution in [0.2, 0.25) is 0 Å². The number of hydrogen-bond donors (Lipinski definition) is 0. The Morgan fingerprint density at radius 2 is 1.81 bits per heavy atom. The molecular weight excluding hydrogens is 494 g/mol. The molecule has 0 saturated carbocycles. The number of nitrogens with zero attached hydrogens (tertiary/aromatic N) is 3. The molecule has 0 N–H and O–H groups in total. The summed E-state index contributed by atoms with van der Waals surface area (Å²) in [6.07, 6.45) is 1.83. The van der Waals surface area contributed by atoms with E-state index in [1.54, 1.807) is 68.6 Å². The van der Waals surface area contributed by atoms with Crippen molar-refractivity contribution in [3.8, 4) is 17.1 Å². The molecule has 0 atom stereocenters. The summed E-state index contributed by atoms with van der Waals surface area (Å²) in [5, 5.41) is 4.28. The number of fused-ring (bicyclic) bond motifs is 1. The number of esters is 1. The van der Waals surface area contributed by atoms with Gasteiger partial charge in [0.05, 0.1) is 19.3 Å². The Labute approximate surface area is 214 Å². The molecule has 0 saturated heterocycles. The molecule has 9 nitrogen and oxygen atoms in total. The Morgan fingerprint density at radius 3 is 2.51 bits per heavy atom. The molecule has 0 amide bonds. The third kappa shape index (κ3) is 5.05. The zero-order chi connectivity index (χ0) is 25.9. The van der Waals surface area contributed by atoms with Crippen LogP contribution in [0, 0.1) is 0 Å². The van der Waals surface area contributed by atoms with Crippen LogP contribution >= 0.6 is 11.3 Å². The molecule has 0 bridgehead atoms. The molecule has 0 aliphatic carbocycles. The number of benzene rings is 2. The second-order valence-corrected chi connectivity index (χ2v) is 9.01. The lowest BCUT2D eigenvalue weighted by molar-refractivity contribution is 0.0526. The van der Waals surface area contributed by atoms with Crippen LogP contribution < -0.4 is 20.4 Å². The molecule has 10 heteroatoms. The van der Waals surface area contributed by atoms with Gasteiger partial charge in [-0.25, -0.2) is 4.79 Å². The highest BCUT2D eigenvalue weighted by Crippen LogP contribution is 2.23. The number of carbonyl (C=O) groups is 1. The van der Waals surface area contributed by atoms with Gasteiger partial charge >= 0.3 is 5.97 Å². The van der Waals surface area contributed by atoms with Gasteiger partial charge in [0.15, 0.2) is 0 Å². The van der Waals surface area contributed by atoms with Crippen LogP contribution in [0.3, 0.4) is 0 Å². The van der Waals surface area contributed by atoms with Crippen LogP contribution in [0.15, 0.2) is 74.7 Å². The standard InChI is InChI=1S/C27H21N3O6S/c1-3-35-26(33)18-8-6-17(7-9-18)22-13-12-20(36-22)15-23-25(32)30-27(37-23)28-24(31)21(29-30)14-16-4-10-19(34-2)11-5-16/h4-13,15H,3,14H2,1-2H3. The molecule has 3 heterocycles. The third-order valence-corrected chi connectivity index (χ3v) is 6.52. The summed E-state index contributed by atoms with van der Waals surface area (Å²) < 4.78 is 17.5. The zero-order valence-electron chi connectivity index (χ0n) is 20.0. The van der Waals surface area contributed by atoms with E-state index in [0.29, 0.717) is 34.0 Å². The molecule has 37 heavy (non-hydrogen) atoms. The van der Waals surface area contributed by atoms with Crippen LogP contribution in [0.4, 0.5) is 0 Å². The maximum atomic E-state index is 13.0. The highest BCUT2D eigenvalue weighted by molar-refractivity contribution is 7.15. The van der Waals surface area contributed by atoms with E-state index in [1.165, 1.54) is 0 Å². The predicted octanol–water partition coefficient (Wildman–Crippen LogP) is 3.10. The molecule has 2 aromatic carbocycles. The van der Waals surface area contributed by atoms with Crippen molar-refractivity contribution < 1.29 is 18.7 Å². The summed E-state index contributed by atoms with van der Waals surface area (Å²) in [6.45, 7) is 2.06. The Hall–Kier alpha value is -4.57. The van der Waals surface area contributed by atoms with E-state index in [-0.39, 0.29) is 28.6 Å². The van der Waals surface area contributed by atoms with Gasteiger partial charge in [0.2, 0.25) is 4.96 Å². The van der Waals surface area contributed by atoms with Crippen molar-refractivity contribution in [1.29, 1.82) is 0 Å². The molecule has 5 rings (SSSR count). The fraction of sp³-hybridized carbons (Fsp3) is 0.148. The molecule has 3 aromatic heterocycles. The highest BCUT2D eigenvalue weighted by Gasteiger charge is 2.13. The largest absolute Gasteiger partial charge is 0.497 e. The number of methoxy groups -OCH3 is 1. The lowest BCUT2D eigenvalue weighted by Gasteiger charge is -2.02. The van der Waals surface area contributed by atoms with Gasteiger partial charge in [-0.05, 0) is 48.9 Å². The topological polar surface area (TPSA) is 113 Å². The van der Waals surface area contributed by atoms with E-state index in [0.717, 1.165) is 27.0 Å². The first-order valence-corrected chi connectivity index (χ1v) is 12.2.